The number of hydrogen-bond acceptors (Lipinski definition) is 6. The van der Waals surface area contributed by atoms with Crippen molar-refractivity contribution in [3.8, 4) is 0 Å². The molecule has 0 fully saturated rings. The summed E-state index contributed by atoms with van der Waals surface area (Å²) in [5, 5.41) is 3.98. The molecule has 0 bridgehead atoms. The molecule has 1 aromatic carbocycles. The molecule has 1 aliphatic heterocycles. The Morgan fingerprint density at radius 2 is 1.96 bits per heavy atom. The van der Waals surface area contributed by atoms with E-state index in [2.05, 4.69) is 29.1 Å². The molecule has 1 atom stereocenters. The smallest absolute Gasteiger partial charge is 0.191 e. The molecule has 146 valence electrons. The molecule has 5 nitrogen and oxygen atoms in total. The average molecular weight is 399 g/mol. The monoisotopic (exact) mass is 398 g/mol. The van der Waals surface area contributed by atoms with Gasteiger partial charge in [-0.05, 0) is 35.3 Å². The molecule has 2 aliphatic rings. The van der Waals surface area contributed by atoms with Crippen LogP contribution in [0.4, 0.5) is 16.0 Å². The molecular weight excluding hydrogens is 375 g/mol. The molecule has 28 heavy (non-hydrogen) atoms. The van der Waals surface area contributed by atoms with Crippen LogP contribution in [0.15, 0.2) is 40.7 Å². The zero-order valence-corrected chi connectivity index (χ0v) is 17.0. The fourth-order valence-electron chi connectivity index (χ4n) is 4.10. The molecule has 1 aromatic heterocycles. The number of carbonyl (C=O) groups excluding carboxylic acids is 1. The van der Waals surface area contributed by atoms with Gasteiger partial charge in [-0.1, -0.05) is 44.7 Å². The number of rotatable bonds is 3. The number of thioether (sulfide) groups is 1. The lowest BCUT2D eigenvalue weighted by Gasteiger charge is -2.39. The molecule has 2 heterocycles. The van der Waals surface area contributed by atoms with Crippen molar-refractivity contribution in [2.75, 3.05) is 16.8 Å². The van der Waals surface area contributed by atoms with E-state index in [1.54, 1.807) is 12.1 Å². The van der Waals surface area contributed by atoms with Gasteiger partial charge in [-0.15, -0.1) is 0 Å². The Labute approximate surface area is 168 Å². The van der Waals surface area contributed by atoms with Crippen LogP contribution in [0.5, 0.6) is 0 Å². The van der Waals surface area contributed by atoms with Crippen LogP contribution in [0.2, 0.25) is 0 Å². The van der Waals surface area contributed by atoms with Crippen LogP contribution in [0.3, 0.4) is 0 Å². The van der Waals surface area contributed by atoms with Crippen LogP contribution >= 0.6 is 11.8 Å². The van der Waals surface area contributed by atoms with Gasteiger partial charge in [0, 0.05) is 29.2 Å². The van der Waals surface area contributed by atoms with Crippen molar-refractivity contribution in [3.05, 3.63) is 52.5 Å². The fraction of sp³-hybridized carbons (Fsp3) is 0.381. The molecule has 7 heteroatoms. The van der Waals surface area contributed by atoms with Crippen LogP contribution in [0, 0.1) is 11.2 Å². The third-order valence-electron chi connectivity index (χ3n) is 5.20. The average Bonchev–Trinajstić information content (AvgIpc) is 2.60. The van der Waals surface area contributed by atoms with Crippen LogP contribution < -0.4 is 11.1 Å². The van der Waals surface area contributed by atoms with E-state index >= 15 is 0 Å². The summed E-state index contributed by atoms with van der Waals surface area (Å²) in [6.45, 7) is 6.21. The molecule has 0 radical (unpaired) electrons. The maximum atomic E-state index is 13.5. The van der Waals surface area contributed by atoms with Gasteiger partial charge in [0.2, 0.25) is 0 Å². The first-order chi connectivity index (χ1) is 13.3. The highest BCUT2D eigenvalue weighted by atomic mass is 32.2. The van der Waals surface area contributed by atoms with E-state index in [1.165, 1.54) is 23.9 Å². The Balaban J connectivity index is 1.93. The number of nitrogens with one attached hydrogen (secondary N) is 1. The molecule has 1 aliphatic carbocycles. The Bertz CT molecular complexity index is 985. The number of Topliss-reactive ketones (excluding diaryl/α,β-unsaturated/α-hetero) is 1. The number of ketones is 1. The van der Waals surface area contributed by atoms with E-state index in [-0.39, 0.29) is 17.0 Å². The number of halogens is 1. The van der Waals surface area contributed by atoms with Crippen LogP contribution in [-0.4, -0.2) is 21.5 Å². The highest BCUT2D eigenvalue weighted by molar-refractivity contribution is 7.99. The maximum Gasteiger partial charge on any atom is 0.191 e. The van der Waals surface area contributed by atoms with Gasteiger partial charge in [0.25, 0.3) is 0 Å². The molecule has 0 spiro atoms. The number of carbonyl (C=O) groups is 1. The lowest BCUT2D eigenvalue weighted by Crippen LogP contribution is -2.34. The van der Waals surface area contributed by atoms with E-state index in [0.29, 0.717) is 34.3 Å². The Kier molecular flexibility index (Phi) is 4.65. The topological polar surface area (TPSA) is 80.9 Å². The highest BCUT2D eigenvalue weighted by Gasteiger charge is 2.42. The summed E-state index contributed by atoms with van der Waals surface area (Å²) in [7, 11) is 0. The van der Waals surface area contributed by atoms with Gasteiger partial charge in [0.05, 0.1) is 0 Å². The minimum absolute atomic E-state index is 0.0881. The van der Waals surface area contributed by atoms with E-state index in [1.807, 2.05) is 6.92 Å². The molecule has 0 saturated heterocycles. The minimum atomic E-state index is -0.392. The first kappa shape index (κ1) is 18.9. The largest absolute Gasteiger partial charge is 0.383 e. The fourth-order valence-corrected chi connectivity index (χ4v) is 4.67. The second-order valence-corrected chi connectivity index (χ2v) is 9.26. The van der Waals surface area contributed by atoms with Crippen LogP contribution in [0.1, 0.15) is 50.7 Å². The van der Waals surface area contributed by atoms with E-state index in [0.717, 1.165) is 23.4 Å². The van der Waals surface area contributed by atoms with Crippen molar-refractivity contribution in [3.63, 3.8) is 0 Å². The van der Waals surface area contributed by atoms with Crippen molar-refractivity contribution in [1.82, 2.24) is 9.97 Å². The van der Waals surface area contributed by atoms with E-state index < -0.39 is 5.92 Å². The van der Waals surface area contributed by atoms with Crippen LogP contribution in [-0.2, 0) is 4.79 Å². The number of hydrogen-bond donors (Lipinski definition) is 2. The van der Waals surface area contributed by atoms with Gasteiger partial charge in [-0.25, -0.2) is 14.4 Å². The van der Waals surface area contributed by atoms with Gasteiger partial charge in [0.1, 0.15) is 17.5 Å². The molecule has 1 unspecified atom stereocenters. The number of nitrogens with zero attached hydrogens (tertiary/aromatic N) is 2. The number of anilines is 2. The van der Waals surface area contributed by atoms with Crippen molar-refractivity contribution >= 4 is 29.2 Å². The SMILES string of the molecule is CCSc1nc(N)c2c(n1)NC1=C(C(=O)CC(C)(C)C1)C2c1ccc(F)cc1. The summed E-state index contributed by atoms with van der Waals surface area (Å²) >= 11 is 1.52. The Hall–Kier alpha value is -2.41. The maximum absolute atomic E-state index is 13.5. The predicted octanol–water partition coefficient (Wildman–Crippen LogP) is 4.51. The number of nitrogen functional groups attached to an aromatic ring is 1. The number of benzene rings is 1. The van der Waals surface area contributed by atoms with Crippen molar-refractivity contribution in [1.29, 1.82) is 0 Å². The molecule has 3 N–H and O–H groups in total. The third-order valence-corrected chi connectivity index (χ3v) is 5.93. The summed E-state index contributed by atoms with van der Waals surface area (Å²) in [5.74, 6) is 1.20. The van der Waals surface area contributed by atoms with Crippen molar-refractivity contribution in [2.45, 2.75) is 44.7 Å². The number of fused-ring (bicyclic) bond motifs is 1. The van der Waals surface area contributed by atoms with Gasteiger partial charge in [-0.3, -0.25) is 4.79 Å². The zero-order valence-electron chi connectivity index (χ0n) is 16.2. The predicted molar refractivity (Wildman–Crippen MR) is 110 cm³/mol. The van der Waals surface area contributed by atoms with Crippen LogP contribution in [0.25, 0.3) is 0 Å². The van der Waals surface area contributed by atoms with Gasteiger partial charge in [0.15, 0.2) is 10.9 Å². The molecular formula is C21H23FN4OS. The summed E-state index contributed by atoms with van der Waals surface area (Å²) in [5.41, 5.74) is 9.30. The Morgan fingerprint density at radius 3 is 2.64 bits per heavy atom. The normalized spacial score (nSPS) is 20.4. The highest BCUT2D eigenvalue weighted by Crippen LogP contribution is 2.50. The molecule has 0 saturated carbocycles. The second kappa shape index (κ2) is 6.88. The lowest BCUT2D eigenvalue weighted by molar-refractivity contribution is -0.118. The van der Waals surface area contributed by atoms with Crippen molar-refractivity contribution < 1.29 is 9.18 Å². The van der Waals surface area contributed by atoms with Gasteiger partial charge < -0.3 is 11.1 Å². The lowest BCUT2D eigenvalue weighted by atomic mass is 9.69. The van der Waals surface area contributed by atoms with E-state index in [4.69, 9.17) is 5.73 Å². The van der Waals surface area contributed by atoms with Gasteiger partial charge in [-0.2, -0.15) is 0 Å². The first-order valence-electron chi connectivity index (χ1n) is 9.38. The van der Waals surface area contributed by atoms with E-state index in [9.17, 15) is 9.18 Å². The summed E-state index contributed by atoms with van der Waals surface area (Å²) < 4.78 is 13.5. The zero-order chi connectivity index (χ0) is 20.1. The third kappa shape index (κ3) is 3.28. The second-order valence-electron chi connectivity index (χ2n) is 8.03. The summed E-state index contributed by atoms with van der Waals surface area (Å²) in [6, 6.07) is 6.24. The summed E-state index contributed by atoms with van der Waals surface area (Å²) in [6.07, 6.45) is 1.20. The molecule has 2 aromatic rings. The van der Waals surface area contributed by atoms with Crippen molar-refractivity contribution in [2.24, 2.45) is 5.41 Å². The molecule has 0 amide bonds. The minimum Gasteiger partial charge on any atom is -0.383 e. The standard InChI is InChI=1S/C21H23FN4OS/c1-4-28-20-25-18(23)17-15(11-5-7-12(22)8-6-11)16-13(24-19(17)26-20)9-21(2,3)10-14(16)27/h5-8,15H,4,9-10H2,1-3H3,(H3,23,24,25,26). The Morgan fingerprint density at radius 1 is 1.25 bits per heavy atom. The number of nitrogens with two attached hydrogens (primary N) is 1. The first-order valence-corrected chi connectivity index (χ1v) is 10.4. The van der Waals surface area contributed by atoms with Gasteiger partial charge >= 0.3 is 0 Å². The molecule has 4 rings (SSSR count). The summed E-state index contributed by atoms with van der Waals surface area (Å²) in [4.78, 5) is 22.2. The quantitative estimate of drug-likeness (QED) is 0.585. The number of allylic oxidation sites excluding steroid dienone is 2. The number of aromatic nitrogens is 2.